The lowest BCUT2D eigenvalue weighted by molar-refractivity contribution is 0.0998. The molecule has 3 aliphatic rings. The van der Waals surface area contributed by atoms with Gasteiger partial charge in [-0.3, -0.25) is 4.68 Å². The smallest absolute Gasteiger partial charge is 0.246 e. The standard InChI is InChI=1S/C18H30N4O3S/c1-21-12-18(11-19-21)26(23,24)22-5-3-15(4-6-22)20-16-7-13-9-17(25-2)10-14(13)8-16/h11-17,20H,3-10H2,1-2H3/t13-,14+,16?,17?. The van der Waals surface area contributed by atoms with Crippen molar-refractivity contribution in [3.63, 3.8) is 0 Å². The molecular formula is C18H30N4O3S. The largest absolute Gasteiger partial charge is 0.381 e. The molecular weight excluding hydrogens is 352 g/mol. The molecule has 2 unspecified atom stereocenters. The summed E-state index contributed by atoms with van der Waals surface area (Å²) in [6.07, 6.45) is 10.2. The highest BCUT2D eigenvalue weighted by atomic mass is 32.2. The maximum Gasteiger partial charge on any atom is 0.246 e. The van der Waals surface area contributed by atoms with Gasteiger partial charge in [0.25, 0.3) is 0 Å². The Morgan fingerprint density at radius 3 is 2.31 bits per heavy atom. The van der Waals surface area contributed by atoms with Gasteiger partial charge in [-0.15, -0.1) is 0 Å². The van der Waals surface area contributed by atoms with E-state index in [9.17, 15) is 8.42 Å². The van der Waals surface area contributed by atoms with Crippen LogP contribution in [-0.2, 0) is 21.8 Å². The van der Waals surface area contributed by atoms with Crippen LogP contribution >= 0.6 is 0 Å². The summed E-state index contributed by atoms with van der Waals surface area (Å²) in [5, 5.41) is 7.81. The first-order valence-corrected chi connectivity index (χ1v) is 11.2. The van der Waals surface area contributed by atoms with Crippen LogP contribution in [0, 0.1) is 11.8 Å². The third-order valence-electron chi connectivity index (χ3n) is 6.55. The minimum absolute atomic E-state index is 0.294. The molecule has 1 N–H and O–H groups in total. The van der Waals surface area contributed by atoms with Crippen LogP contribution in [0.15, 0.2) is 17.3 Å². The zero-order chi connectivity index (χ0) is 18.3. The van der Waals surface area contributed by atoms with E-state index < -0.39 is 10.0 Å². The van der Waals surface area contributed by atoms with E-state index in [1.54, 1.807) is 17.5 Å². The number of fused-ring (bicyclic) bond motifs is 1. The highest BCUT2D eigenvalue weighted by Crippen LogP contribution is 2.45. The highest BCUT2D eigenvalue weighted by molar-refractivity contribution is 7.89. The lowest BCUT2D eigenvalue weighted by atomic mass is 10.0. The van der Waals surface area contributed by atoms with Crippen molar-refractivity contribution in [2.24, 2.45) is 18.9 Å². The van der Waals surface area contributed by atoms with Crippen molar-refractivity contribution in [2.75, 3.05) is 20.2 Å². The first kappa shape index (κ1) is 18.4. The van der Waals surface area contributed by atoms with Gasteiger partial charge in [0.1, 0.15) is 4.90 Å². The molecule has 0 spiro atoms. The molecule has 2 aliphatic carbocycles. The van der Waals surface area contributed by atoms with Gasteiger partial charge in [-0.2, -0.15) is 9.40 Å². The molecule has 0 amide bonds. The molecule has 1 aliphatic heterocycles. The molecule has 4 rings (SSSR count). The van der Waals surface area contributed by atoms with E-state index in [1.807, 2.05) is 7.11 Å². The van der Waals surface area contributed by atoms with Crippen LogP contribution in [0.25, 0.3) is 0 Å². The molecule has 2 heterocycles. The van der Waals surface area contributed by atoms with Gasteiger partial charge in [0.15, 0.2) is 0 Å². The average Bonchev–Trinajstić information content (AvgIpc) is 3.30. The Balaban J connectivity index is 1.27. The Morgan fingerprint density at radius 1 is 1.12 bits per heavy atom. The van der Waals surface area contributed by atoms with Gasteiger partial charge in [0.05, 0.1) is 12.3 Å². The van der Waals surface area contributed by atoms with Gasteiger partial charge in [-0.25, -0.2) is 8.42 Å². The predicted molar refractivity (Wildman–Crippen MR) is 98.2 cm³/mol. The van der Waals surface area contributed by atoms with Crippen LogP contribution < -0.4 is 5.32 Å². The fraction of sp³-hybridized carbons (Fsp3) is 0.833. The minimum atomic E-state index is -3.40. The number of ether oxygens (including phenoxy) is 1. The number of nitrogens with zero attached hydrogens (tertiary/aromatic N) is 3. The molecule has 7 nitrogen and oxygen atoms in total. The Morgan fingerprint density at radius 2 is 1.77 bits per heavy atom. The fourth-order valence-electron chi connectivity index (χ4n) is 5.17. The Hall–Kier alpha value is -0.960. The van der Waals surface area contributed by atoms with Crippen LogP contribution in [0.1, 0.15) is 38.5 Å². The van der Waals surface area contributed by atoms with Gasteiger partial charge in [-0.05, 0) is 50.4 Å². The van der Waals surface area contributed by atoms with E-state index in [1.165, 1.54) is 36.6 Å². The number of piperidine rings is 1. The van der Waals surface area contributed by atoms with Gasteiger partial charge in [0, 0.05) is 45.5 Å². The van der Waals surface area contributed by atoms with E-state index in [0.29, 0.717) is 36.2 Å². The third-order valence-corrected chi connectivity index (χ3v) is 8.40. The van der Waals surface area contributed by atoms with Crippen molar-refractivity contribution >= 4 is 10.0 Å². The molecule has 1 aromatic heterocycles. The summed E-state index contributed by atoms with van der Waals surface area (Å²) in [6.45, 7) is 1.17. The van der Waals surface area contributed by atoms with E-state index >= 15 is 0 Å². The fourth-order valence-corrected chi connectivity index (χ4v) is 6.62. The molecule has 3 fully saturated rings. The zero-order valence-electron chi connectivity index (χ0n) is 15.7. The maximum atomic E-state index is 12.7. The summed E-state index contributed by atoms with van der Waals surface area (Å²) in [5.41, 5.74) is 0. The van der Waals surface area contributed by atoms with E-state index in [-0.39, 0.29) is 0 Å². The first-order chi connectivity index (χ1) is 12.5. The Bertz CT molecular complexity index is 713. The lowest BCUT2D eigenvalue weighted by Gasteiger charge is -2.33. The van der Waals surface area contributed by atoms with Crippen LogP contribution in [0.5, 0.6) is 0 Å². The molecule has 8 heteroatoms. The minimum Gasteiger partial charge on any atom is -0.381 e. The summed E-state index contributed by atoms with van der Waals surface area (Å²) in [4.78, 5) is 0.294. The third kappa shape index (κ3) is 3.56. The van der Waals surface area contributed by atoms with E-state index in [0.717, 1.165) is 24.7 Å². The van der Waals surface area contributed by atoms with Crippen molar-refractivity contribution < 1.29 is 13.2 Å². The molecule has 1 saturated heterocycles. The predicted octanol–water partition coefficient (Wildman–Crippen LogP) is 1.37. The number of methoxy groups -OCH3 is 1. The Kier molecular flexibility index (Phi) is 5.11. The average molecular weight is 383 g/mol. The SMILES string of the molecule is COC1C[C@H]2CC(NC3CCN(S(=O)(=O)c4cnn(C)c4)CC3)C[C@H]2C1. The summed E-state index contributed by atoms with van der Waals surface area (Å²) < 4.78 is 34.0. The molecule has 0 radical (unpaired) electrons. The van der Waals surface area contributed by atoms with E-state index in [2.05, 4.69) is 10.4 Å². The molecule has 0 bridgehead atoms. The van der Waals surface area contributed by atoms with Crippen LogP contribution in [0.4, 0.5) is 0 Å². The Labute approximate surface area is 156 Å². The number of aryl methyl sites for hydroxylation is 1. The number of sulfonamides is 1. The highest BCUT2D eigenvalue weighted by Gasteiger charge is 2.42. The molecule has 1 aromatic rings. The van der Waals surface area contributed by atoms with Crippen molar-refractivity contribution in [1.29, 1.82) is 0 Å². The quantitative estimate of drug-likeness (QED) is 0.832. The van der Waals surface area contributed by atoms with Crippen LogP contribution in [0.2, 0.25) is 0 Å². The van der Waals surface area contributed by atoms with Gasteiger partial charge < -0.3 is 10.1 Å². The molecule has 0 aromatic carbocycles. The van der Waals surface area contributed by atoms with Crippen LogP contribution in [-0.4, -0.2) is 60.9 Å². The van der Waals surface area contributed by atoms with Gasteiger partial charge in [-0.1, -0.05) is 0 Å². The summed E-state index contributed by atoms with van der Waals surface area (Å²) in [7, 11) is 0.160. The van der Waals surface area contributed by atoms with E-state index in [4.69, 9.17) is 4.74 Å². The van der Waals surface area contributed by atoms with Crippen molar-refractivity contribution in [1.82, 2.24) is 19.4 Å². The lowest BCUT2D eigenvalue weighted by Crippen LogP contribution is -2.47. The van der Waals surface area contributed by atoms with Crippen LogP contribution in [0.3, 0.4) is 0 Å². The molecule has 26 heavy (non-hydrogen) atoms. The van der Waals surface area contributed by atoms with Crippen molar-refractivity contribution in [3.8, 4) is 0 Å². The normalized spacial score (nSPS) is 33.6. The first-order valence-electron chi connectivity index (χ1n) is 9.73. The van der Waals surface area contributed by atoms with Gasteiger partial charge in [0.2, 0.25) is 10.0 Å². The summed E-state index contributed by atoms with van der Waals surface area (Å²) in [5.74, 6) is 1.62. The number of nitrogens with one attached hydrogen (secondary N) is 1. The van der Waals surface area contributed by atoms with Gasteiger partial charge >= 0.3 is 0 Å². The summed E-state index contributed by atoms with van der Waals surface area (Å²) >= 11 is 0. The molecule has 146 valence electrons. The number of hydrogen-bond acceptors (Lipinski definition) is 5. The van der Waals surface area contributed by atoms with Crippen molar-refractivity contribution in [2.45, 2.75) is 61.6 Å². The second kappa shape index (κ2) is 7.22. The maximum absolute atomic E-state index is 12.7. The second-order valence-electron chi connectivity index (χ2n) is 8.21. The monoisotopic (exact) mass is 382 g/mol. The molecule has 4 atom stereocenters. The van der Waals surface area contributed by atoms with Crippen molar-refractivity contribution in [3.05, 3.63) is 12.4 Å². The summed E-state index contributed by atoms with van der Waals surface area (Å²) in [6, 6.07) is 1.02. The number of hydrogen-bond donors (Lipinski definition) is 1. The number of aromatic nitrogens is 2. The second-order valence-corrected chi connectivity index (χ2v) is 10.2. The zero-order valence-corrected chi connectivity index (χ0v) is 16.5. The topological polar surface area (TPSA) is 76.5 Å². The molecule has 2 saturated carbocycles. The number of rotatable bonds is 5.